The van der Waals surface area contributed by atoms with E-state index >= 15 is 0 Å². The molecular weight excluding hydrogens is 260 g/mol. The highest BCUT2D eigenvalue weighted by molar-refractivity contribution is 5.20. The lowest BCUT2D eigenvalue weighted by Gasteiger charge is -2.40. The summed E-state index contributed by atoms with van der Waals surface area (Å²) < 4.78 is 5.33. The van der Waals surface area contributed by atoms with Crippen LogP contribution in [0.1, 0.15) is 38.3 Å². The van der Waals surface area contributed by atoms with Crippen LogP contribution < -0.4 is 5.73 Å². The van der Waals surface area contributed by atoms with E-state index in [0.29, 0.717) is 5.92 Å². The molecule has 0 aromatic heterocycles. The van der Waals surface area contributed by atoms with E-state index in [9.17, 15) is 0 Å². The number of benzene rings is 1. The molecule has 1 fully saturated rings. The second-order valence-electron chi connectivity index (χ2n) is 7.08. The monoisotopic (exact) mass is 290 g/mol. The minimum atomic E-state index is 0.0658. The van der Waals surface area contributed by atoms with Gasteiger partial charge in [-0.1, -0.05) is 44.2 Å². The Kier molecular flexibility index (Phi) is 5.80. The van der Waals surface area contributed by atoms with Crippen molar-refractivity contribution in [2.75, 3.05) is 33.4 Å². The largest absolute Gasteiger partial charge is 0.384 e. The number of likely N-dealkylation sites (tertiary alicyclic amines) is 1. The van der Waals surface area contributed by atoms with Gasteiger partial charge in [0, 0.05) is 26.2 Å². The molecule has 1 aliphatic rings. The normalized spacial score (nSPS) is 22.2. The van der Waals surface area contributed by atoms with E-state index in [1.54, 1.807) is 7.11 Å². The fraction of sp³-hybridized carbons (Fsp3) is 0.667. The van der Waals surface area contributed by atoms with Crippen molar-refractivity contribution in [2.45, 2.75) is 32.7 Å². The van der Waals surface area contributed by atoms with Crippen LogP contribution in [-0.4, -0.2) is 38.3 Å². The highest BCUT2D eigenvalue weighted by Gasteiger charge is 2.31. The van der Waals surface area contributed by atoms with Gasteiger partial charge in [-0.05, 0) is 36.3 Å². The third-order valence-corrected chi connectivity index (χ3v) is 4.64. The number of hydrogen-bond acceptors (Lipinski definition) is 3. The van der Waals surface area contributed by atoms with Gasteiger partial charge < -0.3 is 15.4 Å². The molecule has 0 bridgehead atoms. The first-order chi connectivity index (χ1) is 10.0. The van der Waals surface area contributed by atoms with Gasteiger partial charge in [0.2, 0.25) is 0 Å². The van der Waals surface area contributed by atoms with Crippen molar-refractivity contribution in [3.8, 4) is 0 Å². The third-order valence-electron chi connectivity index (χ3n) is 4.64. The molecule has 0 aliphatic carbocycles. The molecule has 1 aromatic carbocycles. The molecule has 0 saturated carbocycles. The molecule has 1 aromatic rings. The summed E-state index contributed by atoms with van der Waals surface area (Å²) in [7, 11) is 1.80. The van der Waals surface area contributed by atoms with Crippen molar-refractivity contribution in [3.05, 3.63) is 35.9 Å². The van der Waals surface area contributed by atoms with Crippen molar-refractivity contribution in [1.82, 2.24) is 4.90 Å². The third kappa shape index (κ3) is 4.53. The number of nitrogens with zero attached hydrogens (tertiary/aromatic N) is 1. The number of nitrogens with two attached hydrogens (primary N) is 1. The van der Waals surface area contributed by atoms with Gasteiger partial charge in [0.15, 0.2) is 0 Å². The van der Waals surface area contributed by atoms with Crippen molar-refractivity contribution < 1.29 is 4.74 Å². The topological polar surface area (TPSA) is 38.5 Å². The molecule has 1 saturated heterocycles. The zero-order valence-electron chi connectivity index (χ0n) is 13.7. The summed E-state index contributed by atoms with van der Waals surface area (Å²) in [5, 5.41) is 0. The molecule has 0 radical (unpaired) electrons. The van der Waals surface area contributed by atoms with Crippen LogP contribution in [0.15, 0.2) is 30.3 Å². The van der Waals surface area contributed by atoms with Gasteiger partial charge in [-0.15, -0.1) is 0 Å². The van der Waals surface area contributed by atoms with Crippen LogP contribution in [0.4, 0.5) is 0 Å². The van der Waals surface area contributed by atoms with E-state index in [1.165, 1.54) is 24.9 Å². The Bertz CT molecular complexity index is 416. The molecule has 2 N–H and O–H groups in total. The van der Waals surface area contributed by atoms with Crippen LogP contribution in [0.2, 0.25) is 0 Å². The molecule has 21 heavy (non-hydrogen) atoms. The second kappa shape index (κ2) is 7.39. The Balaban J connectivity index is 1.96. The quantitative estimate of drug-likeness (QED) is 0.875. The average Bonchev–Trinajstić information content (AvgIpc) is 2.47. The predicted molar refractivity (Wildman–Crippen MR) is 88.2 cm³/mol. The molecule has 0 amide bonds. The van der Waals surface area contributed by atoms with Crippen molar-refractivity contribution >= 4 is 0 Å². The lowest BCUT2D eigenvalue weighted by molar-refractivity contribution is 0.0642. The lowest BCUT2D eigenvalue weighted by atomic mass is 9.80. The van der Waals surface area contributed by atoms with E-state index in [0.717, 1.165) is 19.7 Å². The Morgan fingerprint density at radius 1 is 1.33 bits per heavy atom. The molecule has 118 valence electrons. The smallest absolute Gasteiger partial charge is 0.0502 e. The highest BCUT2D eigenvalue weighted by Crippen LogP contribution is 2.33. The van der Waals surface area contributed by atoms with Crippen LogP contribution in [0.25, 0.3) is 0 Å². The van der Waals surface area contributed by atoms with Gasteiger partial charge in [-0.25, -0.2) is 0 Å². The Morgan fingerprint density at radius 2 is 2.05 bits per heavy atom. The molecule has 2 unspecified atom stereocenters. The molecule has 0 spiro atoms. The summed E-state index contributed by atoms with van der Waals surface area (Å²) in [6.45, 7) is 8.81. The summed E-state index contributed by atoms with van der Waals surface area (Å²) in [5.74, 6) is 0.674. The van der Waals surface area contributed by atoms with E-state index in [-0.39, 0.29) is 11.5 Å². The minimum Gasteiger partial charge on any atom is -0.384 e. The van der Waals surface area contributed by atoms with Crippen LogP contribution in [0.3, 0.4) is 0 Å². The van der Waals surface area contributed by atoms with E-state index < -0.39 is 0 Å². The number of methoxy groups -OCH3 is 1. The number of ether oxygens (including phenoxy) is 1. The molecule has 1 heterocycles. The highest BCUT2D eigenvalue weighted by atomic mass is 16.5. The summed E-state index contributed by atoms with van der Waals surface area (Å²) in [4.78, 5) is 2.57. The molecule has 1 aliphatic heterocycles. The lowest BCUT2D eigenvalue weighted by Crippen LogP contribution is -2.45. The zero-order chi connectivity index (χ0) is 15.3. The second-order valence-corrected chi connectivity index (χ2v) is 7.08. The summed E-state index contributed by atoms with van der Waals surface area (Å²) >= 11 is 0. The number of piperidine rings is 1. The molecule has 2 rings (SSSR count). The fourth-order valence-electron chi connectivity index (χ4n) is 3.45. The Labute approximate surface area is 129 Å². The maximum Gasteiger partial charge on any atom is 0.0502 e. The van der Waals surface area contributed by atoms with Crippen molar-refractivity contribution in [1.29, 1.82) is 0 Å². The number of hydrogen-bond donors (Lipinski definition) is 1. The Hall–Kier alpha value is -0.900. The van der Waals surface area contributed by atoms with Crippen LogP contribution in [0, 0.1) is 11.3 Å². The first kappa shape index (κ1) is 16.5. The number of rotatable bonds is 6. The van der Waals surface area contributed by atoms with E-state index in [2.05, 4.69) is 43.0 Å². The molecule has 3 heteroatoms. The van der Waals surface area contributed by atoms with Crippen molar-refractivity contribution in [2.24, 2.45) is 17.1 Å². The molecular formula is C18H30N2O. The Morgan fingerprint density at radius 3 is 2.71 bits per heavy atom. The van der Waals surface area contributed by atoms with E-state index in [1.807, 2.05) is 6.07 Å². The molecule has 3 nitrogen and oxygen atoms in total. The minimum absolute atomic E-state index is 0.0658. The first-order valence-corrected chi connectivity index (χ1v) is 8.05. The SMILES string of the molecule is COCC1CCCN(CC(C)(C)C(N)c2ccccc2)C1. The van der Waals surface area contributed by atoms with E-state index in [4.69, 9.17) is 10.5 Å². The summed E-state index contributed by atoms with van der Waals surface area (Å²) in [5.41, 5.74) is 7.83. The maximum absolute atomic E-state index is 6.53. The van der Waals surface area contributed by atoms with Gasteiger partial charge >= 0.3 is 0 Å². The summed E-state index contributed by atoms with van der Waals surface area (Å²) in [6, 6.07) is 10.5. The van der Waals surface area contributed by atoms with Gasteiger partial charge in [0.25, 0.3) is 0 Å². The van der Waals surface area contributed by atoms with Crippen LogP contribution >= 0.6 is 0 Å². The van der Waals surface area contributed by atoms with Gasteiger partial charge in [0.1, 0.15) is 0 Å². The van der Waals surface area contributed by atoms with Crippen LogP contribution in [-0.2, 0) is 4.74 Å². The molecule has 2 atom stereocenters. The van der Waals surface area contributed by atoms with Crippen molar-refractivity contribution in [3.63, 3.8) is 0 Å². The first-order valence-electron chi connectivity index (χ1n) is 8.05. The predicted octanol–water partition coefficient (Wildman–Crippen LogP) is 3.07. The standard InChI is InChI=1S/C18H30N2O/c1-18(2,17(19)16-9-5-4-6-10-16)14-20-11-7-8-15(12-20)13-21-3/h4-6,9-10,15,17H,7-8,11-14,19H2,1-3H3. The van der Waals surface area contributed by atoms with Gasteiger partial charge in [0.05, 0.1) is 6.61 Å². The fourth-order valence-corrected chi connectivity index (χ4v) is 3.45. The van der Waals surface area contributed by atoms with Crippen LogP contribution in [0.5, 0.6) is 0 Å². The maximum atomic E-state index is 6.53. The van der Waals surface area contributed by atoms with Gasteiger partial charge in [-0.3, -0.25) is 0 Å². The van der Waals surface area contributed by atoms with Gasteiger partial charge in [-0.2, -0.15) is 0 Å². The average molecular weight is 290 g/mol. The zero-order valence-corrected chi connectivity index (χ0v) is 13.7. The summed E-state index contributed by atoms with van der Waals surface area (Å²) in [6.07, 6.45) is 2.56.